The molecule has 0 aliphatic heterocycles. The summed E-state index contributed by atoms with van der Waals surface area (Å²) in [5.41, 5.74) is 2.98. The summed E-state index contributed by atoms with van der Waals surface area (Å²) in [5.74, 6) is -0.0955. The van der Waals surface area contributed by atoms with Crippen molar-refractivity contribution in [1.82, 2.24) is 5.32 Å². The van der Waals surface area contributed by atoms with Crippen LogP contribution in [-0.2, 0) is 33.5 Å². The molecule has 0 radical (unpaired) electrons. The molecule has 0 saturated carbocycles. The van der Waals surface area contributed by atoms with E-state index in [2.05, 4.69) is 5.32 Å². The number of unbranched alkanes of at least 4 members (excludes halogenated alkanes) is 4. The van der Waals surface area contributed by atoms with E-state index in [1.165, 1.54) is 11.6 Å². The van der Waals surface area contributed by atoms with Gasteiger partial charge in [-0.2, -0.15) is 0 Å². The van der Waals surface area contributed by atoms with E-state index in [1.807, 2.05) is 24.3 Å². The molecule has 0 spiro atoms. The van der Waals surface area contributed by atoms with E-state index in [4.69, 9.17) is 9.88 Å². The normalized spacial score (nSPS) is 12.7. The summed E-state index contributed by atoms with van der Waals surface area (Å²) in [6.45, 7) is 2.51. The maximum absolute atomic E-state index is 11.1. The highest BCUT2D eigenvalue weighted by atomic mass is 32.2. The molecule has 0 aliphatic carbocycles. The predicted molar refractivity (Wildman–Crippen MR) is 137 cm³/mol. The van der Waals surface area contributed by atoms with Crippen LogP contribution in [0.5, 0.6) is 5.75 Å². The number of aliphatic hydroxyl groups excluding tert-OH is 2. The lowest BCUT2D eigenvalue weighted by Gasteiger charge is -2.14. The second-order valence-electron chi connectivity index (χ2n) is 8.87. The first-order valence-electron chi connectivity index (χ1n) is 12.3. The third kappa shape index (κ3) is 12.5. The molecular weight excluding hydrogens is 468 g/mol. The first-order valence-corrected chi connectivity index (χ1v) is 14.0. The molecule has 0 unspecified atom stereocenters. The van der Waals surface area contributed by atoms with Crippen molar-refractivity contribution in [1.29, 1.82) is 0 Å². The van der Waals surface area contributed by atoms with E-state index < -0.39 is 16.1 Å². The number of hydrogen-bond acceptors (Lipinski definition) is 7. The SMILES string of the molecule is NS(=O)(=O)Cc1ccc(CCCCOCCCCCCNC[C@H](O)c2ccc(O)c(CO)c2)cc1. The number of aryl methyl sites for hydroxylation is 1. The van der Waals surface area contributed by atoms with Crippen molar-refractivity contribution < 1.29 is 28.5 Å². The zero-order chi connectivity index (χ0) is 25.5. The molecule has 9 heteroatoms. The Bertz CT molecular complexity index is 966. The molecule has 196 valence electrons. The maximum Gasteiger partial charge on any atom is 0.213 e. The van der Waals surface area contributed by atoms with Crippen molar-refractivity contribution in [3.05, 3.63) is 64.7 Å². The van der Waals surface area contributed by atoms with Gasteiger partial charge < -0.3 is 25.4 Å². The number of nitrogens with two attached hydrogens (primary N) is 1. The number of aromatic hydroxyl groups is 1. The van der Waals surface area contributed by atoms with Crippen LogP contribution in [0.3, 0.4) is 0 Å². The molecule has 2 aromatic rings. The van der Waals surface area contributed by atoms with Gasteiger partial charge in [0.05, 0.1) is 18.5 Å². The van der Waals surface area contributed by atoms with E-state index in [9.17, 15) is 23.7 Å². The van der Waals surface area contributed by atoms with Gasteiger partial charge in [-0.1, -0.05) is 43.2 Å². The number of rotatable bonds is 18. The molecule has 0 saturated heterocycles. The van der Waals surface area contributed by atoms with Gasteiger partial charge in [0.1, 0.15) is 5.75 Å². The second-order valence-corrected chi connectivity index (χ2v) is 10.5. The van der Waals surface area contributed by atoms with Crippen LogP contribution in [0.1, 0.15) is 66.9 Å². The molecular formula is C26H40N2O6S. The molecule has 8 nitrogen and oxygen atoms in total. The Morgan fingerprint density at radius 1 is 0.914 bits per heavy atom. The fourth-order valence-corrected chi connectivity index (χ4v) is 4.43. The number of ether oxygens (including phenoxy) is 1. The molecule has 0 aromatic heterocycles. The Morgan fingerprint density at radius 3 is 2.26 bits per heavy atom. The molecule has 0 bridgehead atoms. The summed E-state index contributed by atoms with van der Waals surface area (Å²) < 4.78 is 27.9. The van der Waals surface area contributed by atoms with E-state index >= 15 is 0 Å². The van der Waals surface area contributed by atoms with E-state index in [1.54, 1.807) is 12.1 Å². The Kier molecular flexibility index (Phi) is 13.3. The molecule has 0 amide bonds. The van der Waals surface area contributed by atoms with Gasteiger partial charge in [-0.25, -0.2) is 13.6 Å². The lowest BCUT2D eigenvalue weighted by Crippen LogP contribution is -2.22. The minimum atomic E-state index is -3.49. The third-order valence-corrected chi connectivity index (χ3v) is 6.52. The molecule has 35 heavy (non-hydrogen) atoms. The fraction of sp³-hybridized carbons (Fsp3) is 0.538. The number of primary sulfonamides is 1. The quantitative estimate of drug-likeness (QED) is 0.195. The third-order valence-electron chi connectivity index (χ3n) is 5.78. The zero-order valence-electron chi connectivity index (χ0n) is 20.4. The van der Waals surface area contributed by atoms with E-state index in [-0.39, 0.29) is 18.1 Å². The highest BCUT2D eigenvalue weighted by molar-refractivity contribution is 7.88. The first kappa shape index (κ1) is 29.2. The van der Waals surface area contributed by atoms with Gasteiger partial charge in [0.25, 0.3) is 0 Å². The number of hydrogen-bond donors (Lipinski definition) is 5. The number of nitrogens with one attached hydrogen (secondary N) is 1. The Morgan fingerprint density at radius 2 is 1.57 bits per heavy atom. The summed E-state index contributed by atoms with van der Waals surface area (Å²) in [5, 5.41) is 37.4. The second kappa shape index (κ2) is 15.9. The van der Waals surface area contributed by atoms with Gasteiger partial charge in [-0.3, -0.25) is 0 Å². The minimum Gasteiger partial charge on any atom is -0.508 e. The van der Waals surface area contributed by atoms with Crippen molar-refractivity contribution in [2.24, 2.45) is 5.14 Å². The summed E-state index contributed by atoms with van der Waals surface area (Å²) in [7, 11) is -3.49. The maximum atomic E-state index is 11.1. The number of benzene rings is 2. The van der Waals surface area contributed by atoms with E-state index in [0.717, 1.165) is 64.7 Å². The molecule has 6 N–H and O–H groups in total. The van der Waals surface area contributed by atoms with Crippen LogP contribution in [0, 0.1) is 0 Å². The van der Waals surface area contributed by atoms with Gasteiger partial charge in [0, 0.05) is 25.3 Å². The monoisotopic (exact) mass is 508 g/mol. The highest BCUT2D eigenvalue weighted by Gasteiger charge is 2.10. The molecule has 0 aliphatic rings. The molecule has 0 fully saturated rings. The van der Waals surface area contributed by atoms with Crippen molar-refractivity contribution in [2.45, 2.75) is 63.4 Å². The van der Waals surface area contributed by atoms with Crippen LogP contribution < -0.4 is 10.5 Å². The van der Waals surface area contributed by atoms with Crippen LogP contribution in [0.25, 0.3) is 0 Å². The lowest BCUT2D eigenvalue weighted by molar-refractivity contribution is 0.126. The van der Waals surface area contributed by atoms with Crippen LogP contribution >= 0.6 is 0 Å². The molecule has 2 aromatic carbocycles. The average Bonchev–Trinajstić information content (AvgIpc) is 2.82. The summed E-state index contributed by atoms with van der Waals surface area (Å²) in [6, 6.07) is 12.3. The largest absolute Gasteiger partial charge is 0.508 e. The number of aliphatic hydroxyl groups is 2. The zero-order valence-corrected chi connectivity index (χ0v) is 21.2. The van der Waals surface area contributed by atoms with Gasteiger partial charge in [0.2, 0.25) is 10.0 Å². The summed E-state index contributed by atoms with van der Waals surface area (Å²) in [4.78, 5) is 0. The van der Waals surface area contributed by atoms with Crippen molar-refractivity contribution >= 4 is 10.0 Å². The minimum absolute atomic E-state index is 0.0348. The van der Waals surface area contributed by atoms with E-state index in [0.29, 0.717) is 23.2 Å². The summed E-state index contributed by atoms with van der Waals surface area (Å²) in [6.07, 6.45) is 6.55. The smallest absolute Gasteiger partial charge is 0.213 e. The topological polar surface area (TPSA) is 142 Å². The first-order chi connectivity index (χ1) is 16.8. The summed E-state index contributed by atoms with van der Waals surface area (Å²) >= 11 is 0. The van der Waals surface area contributed by atoms with Gasteiger partial charge in [-0.15, -0.1) is 0 Å². The fourth-order valence-electron chi connectivity index (χ4n) is 3.77. The lowest BCUT2D eigenvalue weighted by atomic mass is 10.1. The Labute approximate surface area is 209 Å². The Balaban J connectivity index is 1.41. The van der Waals surface area contributed by atoms with Crippen LogP contribution in [0.2, 0.25) is 0 Å². The molecule has 0 heterocycles. The van der Waals surface area contributed by atoms with Crippen LogP contribution in [0.15, 0.2) is 42.5 Å². The molecule has 2 rings (SSSR count). The van der Waals surface area contributed by atoms with Crippen LogP contribution in [-0.4, -0.2) is 50.0 Å². The molecule has 1 atom stereocenters. The highest BCUT2D eigenvalue weighted by Crippen LogP contribution is 2.22. The van der Waals surface area contributed by atoms with Gasteiger partial charge in [0.15, 0.2) is 0 Å². The van der Waals surface area contributed by atoms with Gasteiger partial charge in [-0.05, 0) is 67.5 Å². The number of phenols is 1. The van der Waals surface area contributed by atoms with Gasteiger partial charge >= 0.3 is 0 Å². The van der Waals surface area contributed by atoms with Crippen molar-refractivity contribution in [2.75, 3.05) is 26.3 Å². The number of sulfonamides is 1. The van der Waals surface area contributed by atoms with Crippen molar-refractivity contribution in [3.8, 4) is 5.75 Å². The van der Waals surface area contributed by atoms with Crippen molar-refractivity contribution in [3.63, 3.8) is 0 Å². The Hall–Kier alpha value is -2.01. The standard InChI is InChI=1S/C26H40N2O6S/c27-35(32,33)20-22-10-8-21(9-11-22)7-3-6-16-34-15-5-2-1-4-14-28-18-26(31)23-12-13-25(30)24(17-23)19-29/h8-13,17,26,28-31H,1-7,14-16,18-20H2,(H2,27,32,33)/t26-/m0/s1. The van der Waals surface area contributed by atoms with Crippen LogP contribution in [0.4, 0.5) is 0 Å². The predicted octanol–water partition coefficient (Wildman–Crippen LogP) is 2.90. The average molecular weight is 509 g/mol.